The van der Waals surface area contributed by atoms with Gasteiger partial charge in [0.05, 0.1) is 6.04 Å². The Morgan fingerprint density at radius 2 is 1.42 bits per heavy atom. The maximum Gasteiger partial charge on any atom is 0.325 e. The number of carbonyl (C=O) groups excluding carboxylic acids is 3. The number of carbonyl (C=O) groups is 4. The van der Waals surface area contributed by atoms with Crippen molar-refractivity contribution >= 4 is 23.7 Å². The van der Waals surface area contributed by atoms with Crippen LogP contribution in [0.15, 0.2) is 0 Å². The molecule has 0 saturated heterocycles. The molecule has 0 aromatic heterocycles. The normalized spacial score (nSPS) is 16.9. The Bertz CT molecular complexity index is 601. The number of unbranched alkanes of at least 4 members (excludes halogenated alkanes) is 1. The van der Waals surface area contributed by atoms with Crippen molar-refractivity contribution in [3.8, 4) is 0 Å². The third-order valence-electron chi connectivity index (χ3n) is 5.66. The van der Waals surface area contributed by atoms with E-state index >= 15 is 0 Å². The number of rotatable bonds is 15. The lowest BCUT2D eigenvalue weighted by atomic mass is 9.96. The van der Waals surface area contributed by atoms with E-state index < -0.39 is 47.9 Å². The molecule has 180 valence electrons. The molecule has 31 heavy (non-hydrogen) atoms. The molecule has 0 aromatic rings. The Balaban J connectivity index is 5.43. The molecule has 3 amide bonds. The van der Waals surface area contributed by atoms with Gasteiger partial charge in [0.15, 0.2) is 0 Å². The zero-order valence-electron chi connectivity index (χ0n) is 19.4. The molecule has 0 aliphatic carbocycles. The van der Waals surface area contributed by atoms with Gasteiger partial charge in [0, 0.05) is 0 Å². The van der Waals surface area contributed by atoms with Gasteiger partial charge < -0.3 is 32.5 Å². The molecular formula is C21H41N5O5. The highest BCUT2D eigenvalue weighted by Crippen LogP contribution is 2.11. The van der Waals surface area contributed by atoms with Crippen molar-refractivity contribution in [1.82, 2.24) is 16.0 Å². The fraction of sp³-hybridized carbons (Fsp3) is 0.810. The Morgan fingerprint density at radius 1 is 0.839 bits per heavy atom. The quantitative estimate of drug-likeness (QED) is 0.194. The van der Waals surface area contributed by atoms with Gasteiger partial charge in [-0.1, -0.05) is 40.5 Å². The minimum Gasteiger partial charge on any atom is -0.480 e. The summed E-state index contributed by atoms with van der Waals surface area (Å²) in [5, 5.41) is 16.8. The van der Waals surface area contributed by atoms with Crippen LogP contribution in [0.1, 0.15) is 66.7 Å². The van der Waals surface area contributed by atoms with Crippen LogP contribution < -0.4 is 27.4 Å². The Hall–Kier alpha value is -2.20. The van der Waals surface area contributed by atoms with E-state index in [0.29, 0.717) is 32.2 Å². The summed E-state index contributed by atoms with van der Waals surface area (Å²) in [6.45, 7) is 9.25. The topological polar surface area (TPSA) is 177 Å². The Kier molecular flexibility index (Phi) is 13.7. The standard InChI is InChI=1S/C21H41N5O5/c1-6-12(3)16(23)19(28)25-15(10-8-9-11-22)18(27)26-17(13(4)7-2)20(29)24-14(5)21(30)31/h12-17H,6-11,22-23H2,1-5H3,(H,24,29)(H,25,28)(H,26,27)(H,30,31). The SMILES string of the molecule is CCC(C)C(N)C(=O)NC(CCCCN)C(=O)NC(C(=O)NC(C)C(=O)O)C(C)CC. The van der Waals surface area contributed by atoms with Gasteiger partial charge in [-0.3, -0.25) is 19.2 Å². The number of nitrogens with two attached hydrogens (primary N) is 2. The second-order valence-electron chi connectivity index (χ2n) is 8.20. The van der Waals surface area contributed by atoms with Crippen LogP contribution in [0, 0.1) is 11.8 Å². The van der Waals surface area contributed by atoms with Gasteiger partial charge in [-0.25, -0.2) is 0 Å². The van der Waals surface area contributed by atoms with Gasteiger partial charge >= 0.3 is 5.97 Å². The summed E-state index contributed by atoms with van der Waals surface area (Å²) in [6.07, 6.45) is 2.95. The maximum absolute atomic E-state index is 13.0. The van der Waals surface area contributed by atoms with Crippen LogP contribution >= 0.6 is 0 Å². The van der Waals surface area contributed by atoms with Crippen LogP contribution in [0.5, 0.6) is 0 Å². The molecule has 0 fully saturated rings. The van der Waals surface area contributed by atoms with E-state index in [0.717, 1.165) is 6.42 Å². The van der Waals surface area contributed by atoms with E-state index in [1.54, 1.807) is 6.92 Å². The van der Waals surface area contributed by atoms with Gasteiger partial charge in [0.1, 0.15) is 18.1 Å². The van der Waals surface area contributed by atoms with Gasteiger partial charge in [0.25, 0.3) is 0 Å². The first-order chi connectivity index (χ1) is 14.5. The van der Waals surface area contributed by atoms with Crippen molar-refractivity contribution in [3.63, 3.8) is 0 Å². The zero-order valence-corrected chi connectivity index (χ0v) is 19.4. The summed E-state index contributed by atoms with van der Waals surface area (Å²) in [5.74, 6) is -2.98. The molecule has 0 spiro atoms. The lowest BCUT2D eigenvalue weighted by Gasteiger charge is -2.28. The molecule has 0 radical (unpaired) electrons. The molecular weight excluding hydrogens is 402 g/mol. The van der Waals surface area contributed by atoms with Crippen LogP contribution in [-0.4, -0.2) is 59.5 Å². The van der Waals surface area contributed by atoms with Crippen molar-refractivity contribution in [2.45, 2.75) is 90.9 Å². The lowest BCUT2D eigenvalue weighted by molar-refractivity contribution is -0.142. The molecule has 10 nitrogen and oxygen atoms in total. The average Bonchev–Trinajstić information content (AvgIpc) is 2.74. The molecule has 6 unspecified atom stereocenters. The van der Waals surface area contributed by atoms with Crippen LogP contribution in [0.25, 0.3) is 0 Å². The molecule has 8 N–H and O–H groups in total. The van der Waals surface area contributed by atoms with E-state index in [9.17, 15) is 19.2 Å². The molecule has 10 heteroatoms. The minimum atomic E-state index is -1.17. The second kappa shape index (κ2) is 14.7. The molecule has 0 aliphatic rings. The van der Waals surface area contributed by atoms with E-state index in [1.807, 2.05) is 20.8 Å². The summed E-state index contributed by atoms with van der Waals surface area (Å²) in [7, 11) is 0. The summed E-state index contributed by atoms with van der Waals surface area (Å²) in [4.78, 5) is 49.2. The van der Waals surface area contributed by atoms with Crippen LogP contribution in [0.4, 0.5) is 0 Å². The minimum absolute atomic E-state index is 0.0519. The monoisotopic (exact) mass is 443 g/mol. The highest BCUT2D eigenvalue weighted by Gasteiger charge is 2.32. The van der Waals surface area contributed by atoms with Crippen LogP contribution in [0.2, 0.25) is 0 Å². The first-order valence-corrected chi connectivity index (χ1v) is 11.1. The molecule has 6 atom stereocenters. The third kappa shape index (κ3) is 10.1. The summed E-state index contributed by atoms with van der Waals surface area (Å²) < 4.78 is 0. The van der Waals surface area contributed by atoms with Crippen LogP contribution in [-0.2, 0) is 19.2 Å². The molecule has 0 rings (SSSR count). The van der Waals surface area contributed by atoms with Gasteiger partial charge in [-0.2, -0.15) is 0 Å². The summed E-state index contributed by atoms with van der Waals surface area (Å²) >= 11 is 0. The zero-order chi connectivity index (χ0) is 24.1. The smallest absolute Gasteiger partial charge is 0.325 e. The highest BCUT2D eigenvalue weighted by molar-refractivity contribution is 5.94. The fourth-order valence-electron chi connectivity index (χ4n) is 2.86. The van der Waals surface area contributed by atoms with E-state index in [1.165, 1.54) is 6.92 Å². The number of carboxylic acid groups (broad SMARTS) is 1. The number of amides is 3. The number of aliphatic carboxylic acids is 1. The number of hydrogen-bond acceptors (Lipinski definition) is 6. The van der Waals surface area contributed by atoms with Crippen molar-refractivity contribution in [2.75, 3.05) is 6.54 Å². The first kappa shape index (κ1) is 28.8. The van der Waals surface area contributed by atoms with Gasteiger partial charge in [-0.05, 0) is 44.6 Å². The van der Waals surface area contributed by atoms with Crippen molar-refractivity contribution in [3.05, 3.63) is 0 Å². The number of hydrogen-bond donors (Lipinski definition) is 6. The van der Waals surface area contributed by atoms with E-state index in [2.05, 4.69) is 16.0 Å². The van der Waals surface area contributed by atoms with Crippen LogP contribution in [0.3, 0.4) is 0 Å². The van der Waals surface area contributed by atoms with Crippen molar-refractivity contribution in [2.24, 2.45) is 23.3 Å². The predicted octanol–water partition coefficient (Wildman–Crippen LogP) is 0.0938. The molecule has 0 bridgehead atoms. The second-order valence-corrected chi connectivity index (χ2v) is 8.20. The predicted molar refractivity (Wildman–Crippen MR) is 119 cm³/mol. The Morgan fingerprint density at radius 3 is 1.90 bits per heavy atom. The van der Waals surface area contributed by atoms with Gasteiger partial charge in [-0.15, -0.1) is 0 Å². The largest absolute Gasteiger partial charge is 0.480 e. The number of carboxylic acids is 1. The van der Waals surface area contributed by atoms with E-state index in [4.69, 9.17) is 16.6 Å². The average molecular weight is 444 g/mol. The van der Waals surface area contributed by atoms with Gasteiger partial charge in [0.2, 0.25) is 17.7 Å². The van der Waals surface area contributed by atoms with Crippen molar-refractivity contribution < 1.29 is 24.3 Å². The molecule has 0 heterocycles. The third-order valence-corrected chi connectivity index (χ3v) is 5.66. The lowest BCUT2D eigenvalue weighted by Crippen LogP contribution is -2.58. The molecule has 0 aliphatic heterocycles. The fourth-order valence-corrected chi connectivity index (χ4v) is 2.86. The molecule has 0 aromatic carbocycles. The number of nitrogens with one attached hydrogen (secondary N) is 3. The maximum atomic E-state index is 13.0. The Labute approximate surface area is 185 Å². The summed E-state index contributed by atoms with van der Waals surface area (Å²) in [6, 6.07) is -3.65. The highest BCUT2D eigenvalue weighted by atomic mass is 16.4. The molecule has 0 saturated carbocycles. The summed E-state index contributed by atoms with van der Waals surface area (Å²) in [5.41, 5.74) is 11.5. The first-order valence-electron chi connectivity index (χ1n) is 11.1. The van der Waals surface area contributed by atoms with E-state index in [-0.39, 0.29) is 11.8 Å². The van der Waals surface area contributed by atoms with Crippen molar-refractivity contribution in [1.29, 1.82) is 0 Å².